The molecule has 114 valence electrons. The summed E-state index contributed by atoms with van der Waals surface area (Å²) in [7, 11) is -3.12. The van der Waals surface area contributed by atoms with Crippen molar-refractivity contribution in [3.05, 3.63) is 0 Å². The van der Waals surface area contributed by atoms with Crippen LogP contribution in [0.25, 0.3) is 0 Å². The van der Waals surface area contributed by atoms with E-state index < -0.39 is 10.0 Å². The first kappa shape index (κ1) is 16.9. The maximum absolute atomic E-state index is 11.5. The van der Waals surface area contributed by atoms with Crippen LogP contribution in [0.2, 0.25) is 0 Å². The molecule has 1 fully saturated rings. The molecule has 1 aliphatic carbocycles. The smallest absolute Gasteiger partial charge is 0.212 e. The van der Waals surface area contributed by atoms with E-state index in [9.17, 15) is 8.42 Å². The van der Waals surface area contributed by atoms with Gasteiger partial charge in [-0.1, -0.05) is 20.8 Å². The van der Waals surface area contributed by atoms with Crippen molar-refractivity contribution in [2.75, 3.05) is 25.4 Å². The van der Waals surface area contributed by atoms with E-state index in [1.54, 1.807) is 6.92 Å². The minimum absolute atomic E-state index is 0.123. The van der Waals surface area contributed by atoms with Gasteiger partial charge in [-0.15, -0.1) is 0 Å². The molecule has 1 saturated carbocycles. The van der Waals surface area contributed by atoms with E-state index >= 15 is 0 Å². The van der Waals surface area contributed by atoms with E-state index in [0.717, 1.165) is 19.4 Å². The maximum atomic E-state index is 11.5. The summed E-state index contributed by atoms with van der Waals surface area (Å²) in [4.78, 5) is 0. The molecule has 0 aromatic heterocycles. The van der Waals surface area contributed by atoms with Crippen molar-refractivity contribution in [3.8, 4) is 0 Å². The summed E-state index contributed by atoms with van der Waals surface area (Å²) in [5.41, 5.74) is 0.123. The van der Waals surface area contributed by atoms with Crippen molar-refractivity contribution in [1.82, 2.24) is 10.0 Å². The van der Waals surface area contributed by atoms with Gasteiger partial charge in [-0.05, 0) is 19.8 Å². The highest BCUT2D eigenvalue weighted by Crippen LogP contribution is 2.45. The predicted molar refractivity (Wildman–Crippen MR) is 77.7 cm³/mol. The maximum Gasteiger partial charge on any atom is 0.212 e. The third-order valence-electron chi connectivity index (χ3n) is 4.24. The van der Waals surface area contributed by atoms with E-state index in [0.29, 0.717) is 25.2 Å². The summed E-state index contributed by atoms with van der Waals surface area (Å²) in [6.07, 6.45) is 2.31. The number of hydrogen-bond donors (Lipinski definition) is 2. The highest BCUT2D eigenvalue weighted by atomic mass is 32.2. The summed E-state index contributed by atoms with van der Waals surface area (Å²) in [5.74, 6) is 0.135. The van der Waals surface area contributed by atoms with Gasteiger partial charge in [0.05, 0.1) is 11.9 Å². The predicted octanol–water partition coefficient (Wildman–Crippen LogP) is 1.11. The Bertz CT molecular complexity index is 372. The van der Waals surface area contributed by atoms with Crippen LogP contribution in [0.4, 0.5) is 0 Å². The molecule has 0 aliphatic heterocycles. The highest BCUT2D eigenvalue weighted by Gasteiger charge is 2.50. The Hall–Kier alpha value is -0.170. The van der Waals surface area contributed by atoms with E-state index in [1.165, 1.54) is 0 Å². The molecule has 1 rings (SSSR count). The highest BCUT2D eigenvalue weighted by molar-refractivity contribution is 7.89. The SMILES string of the molecule is CCNS(=O)(=O)CCNC1CC(OCC)C1(C)CC. The fraction of sp³-hybridized carbons (Fsp3) is 1.00. The Morgan fingerprint density at radius 2 is 2.00 bits per heavy atom. The largest absolute Gasteiger partial charge is 0.378 e. The Labute approximate surface area is 117 Å². The average molecular weight is 292 g/mol. The van der Waals surface area contributed by atoms with Gasteiger partial charge in [0, 0.05) is 31.2 Å². The van der Waals surface area contributed by atoms with Gasteiger partial charge in [0.1, 0.15) is 0 Å². The van der Waals surface area contributed by atoms with E-state index in [1.807, 2.05) is 6.92 Å². The molecule has 6 heteroatoms. The molecule has 0 aromatic carbocycles. The van der Waals surface area contributed by atoms with Crippen molar-refractivity contribution in [2.45, 2.75) is 52.7 Å². The Balaban J connectivity index is 2.39. The van der Waals surface area contributed by atoms with Crippen molar-refractivity contribution >= 4 is 10.0 Å². The second-order valence-corrected chi connectivity index (χ2v) is 7.29. The lowest BCUT2D eigenvalue weighted by atomic mass is 9.61. The summed E-state index contributed by atoms with van der Waals surface area (Å²) in [6.45, 7) is 9.86. The van der Waals surface area contributed by atoms with Crippen LogP contribution in [0, 0.1) is 5.41 Å². The van der Waals surface area contributed by atoms with E-state index in [2.05, 4.69) is 23.9 Å². The van der Waals surface area contributed by atoms with Crippen LogP contribution in [-0.2, 0) is 14.8 Å². The molecule has 1 aliphatic rings. The first-order valence-corrected chi connectivity index (χ1v) is 8.87. The minimum Gasteiger partial charge on any atom is -0.378 e. The average Bonchev–Trinajstić information content (AvgIpc) is 2.35. The third kappa shape index (κ3) is 4.15. The number of nitrogens with one attached hydrogen (secondary N) is 2. The zero-order valence-corrected chi connectivity index (χ0v) is 13.3. The lowest BCUT2D eigenvalue weighted by molar-refractivity contribution is -0.125. The van der Waals surface area contributed by atoms with Gasteiger partial charge >= 0.3 is 0 Å². The summed E-state index contributed by atoms with van der Waals surface area (Å²) < 4.78 is 31.3. The second-order valence-electron chi connectivity index (χ2n) is 5.36. The lowest BCUT2D eigenvalue weighted by Gasteiger charge is -2.53. The van der Waals surface area contributed by atoms with E-state index in [-0.39, 0.29) is 11.2 Å². The molecule has 3 atom stereocenters. The Morgan fingerprint density at radius 1 is 1.32 bits per heavy atom. The first-order chi connectivity index (χ1) is 8.89. The molecule has 0 amide bonds. The molecule has 0 heterocycles. The summed E-state index contributed by atoms with van der Waals surface area (Å²) in [5, 5.41) is 3.36. The molecule has 2 N–H and O–H groups in total. The van der Waals surface area contributed by atoms with Crippen LogP contribution >= 0.6 is 0 Å². The van der Waals surface area contributed by atoms with Gasteiger partial charge in [0.25, 0.3) is 0 Å². The first-order valence-electron chi connectivity index (χ1n) is 7.22. The van der Waals surface area contributed by atoms with Crippen molar-refractivity contribution in [1.29, 1.82) is 0 Å². The van der Waals surface area contributed by atoms with E-state index in [4.69, 9.17) is 4.74 Å². The van der Waals surface area contributed by atoms with Gasteiger partial charge in [0.2, 0.25) is 10.0 Å². The van der Waals surface area contributed by atoms with Crippen LogP contribution in [0.3, 0.4) is 0 Å². The fourth-order valence-corrected chi connectivity index (χ4v) is 3.70. The molecule has 0 radical (unpaired) electrons. The number of sulfonamides is 1. The molecule has 0 aromatic rings. The molecule has 0 saturated heterocycles. The minimum atomic E-state index is -3.12. The van der Waals surface area contributed by atoms with Gasteiger partial charge in [-0.2, -0.15) is 0 Å². The van der Waals surface area contributed by atoms with Crippen LogP contribution < -0.4 is 10.0 Å². The van der Waals surface area contributed by atoms with Gasteiger partial charge in [0.15, 0.2) is 0 Å². The standard InChI is InChI=1S/C13H28N2O3S/c1-5-13(4)11(10-12(13)18-7-3)14-8-9-19(16,17)15-6-2/h11-12,14-15H,5-10H2,1-4H3. The number of hydrogen-bond acceptors (Lipinski definition) is 4. The normalized spacial score (nSPS) is 31.2. The number of rotatable bonds is 9. The zero-order valence-electron chi connectivity index (χ0n) is 12.5. The van der Waals surface area contributed by atoms with Crippen LogP contribution in [0.15, 0.2) is 0 Å². The van der Waals surface area contributed by atoms with Gasteiger partial charge in [-0.3, -0.25) is 0 Å². The van der Waals surface area contributed by atoms with Crippen LogP contribution in [0.5, 0.6) is 0 Å². The Kier molecular flexibility index (Phi) is 6.23. The second kappa shape index (κ2) is 7.02. The topological polar surface area (TPSA) is 67.4 Å². The van der Waals surface area contributed by atoms with Gasteiger partial charge < -0.3 is 10.1 Å². The van der Waals surface area contributed by atoms with Gasteiger partial charge in [-0.25, -0.2) is 13.1 Å². The third-order valence-corrected chi connectivity index (χ3v) is 5.71. The zero-order chi connectivity index (χ0) is 14.5. The lowest BCUT2D eigenvalue weighted by Crippen LogP contribution is -2.62. The summed E-state index contributed by atoms with van der Waals surface area (Å²) in [6, 6.07) is 0.353. The summed E-state index contributed by atoms with van der Waals surface area (Å²) >= 11 is 0. The molecule has 0 bridgehead atoms. The van der Waals surface area contributed by atoms with Crippen molar-refractivity contribution < 1.29 is 13.2 Å². The molecule has 5 nitrogen and oxygen atoms in total. The monoisotopic (exact) mass is 292 g/mol. The van der Waals surface area contributed by atoms with Crippen LogP contribution in [-0.4, -0.2) is 46.0 Å². The van der Waals surface area contributed by atoms with Crippen molar-refractivity contribution in [2.24, 2.45) is 5.41 Å². The molecule has 19 heavy (non-hydrogen) atoms. The molecular formula is C13H28N2O3S. The number of ether oxygens (including phenoxy) is 1. The van der Waals surface area contributed by atoms with Crippen molar-refractivity contribution in [3.63, 3.8) is 0 Å². The molecular weight excluding hydrogens is 264 g/mol. The fourth-order valence-electron chi connectivity index (χ4n) is 2.73. The molecule has 3 unspecified atom stereocenters. The molecule has 0 spiro atoms. The quantitative estimate of drug-likeness (QED) is 0.668. The Morgan fingerprint density at radius 3 is 2.53 bits per heavy atom. The van der Waals surface area contributed by atoms with Crippen LogP contribution in [0.1, 0.15) is 40.5 Å².